The van der Waals surface area contributed by atoms with E-state index in [1.807, 2.05) is 34.5 Å². The van der Waals surface area contributed by atoms with Crippen molar-refractivity contribution >= 4 is 17.6 Å². The summed E-state index contributed by atoms with van der Waals surface area (Å²) < 4.78 is 3.50. The number of piperidine rings is 2. The SMILES string of the molecule is CC(C)C1CCC(=O)N(C)C1.CC(C)C1CCN(C)C(=O)C1.CC(C)c1cnc2n(C)c(=O)ccn12. The van der Waals surface area contributed by atoms with Gasteiger partial charge in [-0.25, -0.2) is 4.98 Å². The third-order valence-corrected chi connectivity index (χ3v) is 7.64. The Hall–Kier alpha value is -2.64. The second-order valence-corrected chi connectivity index (χ2v) is 11.3. The maximum atomic E-state index is 11.3. The van der Waals surface area contributed by atoms with Gasteiger partial charge in [-0.3, -0.25) is 23.4 Å². The van der Waals surface area contributed by atoms with Gasteiger partial charge in [0.05, 0.1) is 6.20 Å². The van der Waals surface area contributed by atoms with E-state index in [0.717, 1.165) is 44.0 Å². The molecule has 2 fully saturated rings. The molecule has 202 valence electrons. The number of imidazole rings is 1. The molecule has 0 aromatic carbocycles. The Bertz CT molecular complexity index is 1070. The molecule has 2 saturated heterocycles. The molecule has 0 bridgehead atoms. The first kappa shape index (κ1) is 29.6. The van der Waals surface area contributed by atoms with Crippen molar-refractivity contribution in [3.8, 4) is 0 Å². The van der Waals surface area contributed by atoms with Gasteiger partial charge < -0.3 is 9.80 Å². The Labute approximate surface area is 216 Å². The van der Waals surface area contributed by atoms with Crippen LogP contribution in [-0.2, 0) is 16.6 Å². The van der Waals surface area contributed by atoms with E-state index in [4.69, 9.17) is 0 Å². The Morgan fingerprint density at radius 3 is 2.03 bits per heavy atom. The molecule has 4 heterocycles. The molecular formula is C28H47N5O3. The fraction of sp³-hybridized carbons (Fsp3) is 0.714. The van der Waals surface area contributed by atoms with Gasteiger partial charge >= 0.3 is 0 Å². The first-order valence-corrected chi connectivity index (χ1v) is 13.3. The summed E-state index contributed by atoms with van der Waals surface area (Å²) in [6.07, 6.45) is 7.37. The number of rotatable bonds is 3. The number of hydrogen-bond donors (Lipinski definition) is 0. The van der Waals surface area contributed by atoms with Crippen molar-refractivity contribution < 1.29 is 9.59 Å². The molecule has 36 heavy (non-hydrogen) atoms. The van der Waals surface area contributed by atoms with Gasteiger partial charge in [-0.15, -0.1) is 0 Å². The summed E-state index contributed by atoms with van der Waals surface area (Å²) in [6, 6.07) is 1.56. The minimum atomic E-state index is -0.0293. The van der Waals surface area contributed by atoms with Gasteiger partial charge in [0.15, 0.2) is 0 Å². The van der Waals surface area contributed by atoms with Crippen LogP contribution in [0.15, 0.2) is 23.3 Å². The van der Waals surface area contributed by atoms with Crippen LogP contribution in [0.5, 0.6) is 0 Å². The van der Waals surface area contributed by atoms with Gasteiger partial charge in [0.1, 0.15) is 0 Å². The van der Waals surface area contributed by atoms with Crippen LogP contribution in [0, 0.1) is 23.7 Å². The molecule has 2 atom stereocenters. The third-order valence-electron chi connectivity index (χ3n) is 7.64. The maximum Gasteiger partial charge on any atom is 0.254 e. The number of hydrogen-bond acceptors (Lipinski definition) is 4. The Morgan fingerprint density at radius 2 is 1.50 bits per heavy atom. The largest absolute Gasteiger partial charge is 0.346 e. The number of carbonyl (C=O) groups is 2. The van der Waals surface area contributed by atoms with Crippen molar-refractivity contribution in [3.63, 3.8) is 0 Å². The molecule has 0 spiro atoms. The van der Waals surface area contributed by atoms with Gasteiger partial charge in [0, 0.05) is 65.0 Å². The van der Waals surface area contributed by atoms with E-state index < -0.39 is 0 Å². The minimum Gasteiger partial charge on any atom is -0.346 e. The van der Waals surface area contributed by atoms with Crippen molar-refractivity contribution in [1.29, 1.82) is 0 Å². The number of aryl methyl sites for hydroxylation is 1. The lowest BCUT2D eigenvalue weighted by Crippen LogP contribution is -2.38. The van der Waals surface area contributed by atoms with Crippen LogP contribution in [-0.4, -0.2) is 62.8 Å². The van der Waals surface area contributed by atoms with Gasteiger partial charge in [0.25, 0.3) is 5.56 Å². The highest BCUT2D eigenvalue weighted by molar-refractivity contribution is 5.77. The van der Waals surface area contributed by atoms with Crippen LogP contribution in [0.25, 0.3) is 5.78 Å². The number of fused-ring (bicyclic) bond motifs is 1. The monoisotopic (exact) mass is 501 g/mol. The van der Waals surface area contributed by atoms with E-state index >= 15 is 0 Å². The normalized spacial score (nSPS) is 20.6. The van der Waals surface area contributed by atoms with Gasteiger partial charge in [-0.2, -0.15) is 0 Å². The van der Waals surface area contributed by atoms with Crippen LogP contribution in [0.4, 0.5) is 0 Å². The van der Waals surface area contributed by atoms with Crippen molar-refractivity contribution in [2.75, 3.05) is 27.2 Å². The highest BCUT2D eigenvalue weighted by Gasteiger charge is 2.25. The third kappa shape index (κ3) is 7.68. The molecule has 0 saturated carbocycles. The van der Waals surface area contributed by atoms with E-state index in [0.29, 0.717) is 41.3 Å². The molecule has 2 unspecified atom stereocenters. The number of amides is 2. The zero-order valence-corrected chi connectivity index (χ0v) is 23.8. The highest BCUT2D eigenvalue weighted by atomic mass is 16.2. The van der Waals surface area contributed by atoms with Gasteiger partial charge in [-0.05, 0) is 42.4 Å². The molecule has 2 aliphatic heterocycles. The smallest absolute Gasteiger partial charge is 0.254 e. The second kappa shape index (κ2) is 13.1. The summed E-state index contributed by atoms with van der Waals surface area (Å²) in [5.41, 5.74) is 1.09. The summed E-state index contributed by atoms with van der Waals surface area (Å²) in [4.78, 5) is 41.6. The second-order valence-electron chi connectivity index (χ2n) is 11.3. The first-order valence-electron chi connectivity index (χ1n) is 13.3. The molecular weight excluding hydrogens is 454 g/mol. The lowest BCUT2D eigenvalue weighted by molar-refractivity contribution is -0.134. The summed E-state index contributed by atoms with van der Waals surface area (Å²) in [6.45, 7) is 15.0. The molecule has 0 aliphatic carbocycles. The summed E-state index contributed by atoms with van der Waals surface area (Å²) >= 11 is 0. The number of nitrogens with zero attached hydrogens (tertiary/aromatic N) is 5. The van der Waals surface area contributed by atoms with Crippen LogP contribution in [0.2, 0.25) is 0 Å². The van der Waals surface area contributed by atoms with Crippen LogP contribution in [0.3, 0.4) is 0 Å². The van der Waals surface area contributed by atoms with Crippen LogP contribution >= 0.6 is 0 Å². The molecule has 2 aliphatic rings. The Morgan fingerprint density at radius 1 is 0.861 bits per heavy atom. The van der Waals surface area contributed by atoms with Crippen molar-refractivity contribution in [3.05, 3.63) is 34.5 Å². The van der Waals surface area contributed by atoms with Crippen molar-refractivity contribution in [2.45, 2.75) is 73.1 Å². The van der Waals surface area contributed by atoms with E-state index in [2.05, 4.69) is 46.5 Å². The molecule has 8 heteroatoms. The van der Waals surface area contributed by atoms with E-state index in [9.17, 15) is 14.4 Å². The van der Waals surface area contributed by atoms with Crippen LogP contribution in [0.1, 0.15) is 78.8 Å². The topological polar surface area (TPSA) is 79.9 Å². The Kier molecular flexibility index (Phi) is 10.7. The lowest BCUT2D eigenvalue weighted by Gasteiger charge is -2.31. The quantitative estimate of drug-likeness (QED) is 0.632. The van der Waals surface area contributed by atoms with E-state index in [-0.39, 0.29) is 5.56 Å². The first-order chi connectivity index (χ1) is 16.8. The molecule has 2 amide bonds. The number of aromatic nitrogens is 3. The zero-order valence-electron chi connectivity index (χ0n) is 23.8. The summed E-state index contributed by atoms with van der Waals surface area (Å²) in [5, 5.41) is 0. The minimum absolute atomic E-state index is 0.0293. The van der Waals surface area contributed by atoms with Crippen molar-refractivity contribution in [2.24, 2.45) is 30.7 Å². The summed E-state index contributed by atoms with van der Waals surface area (Å²) in [7, 11) is 5.52. The van der Waals surface area contributed by atoms with E-state index in [1.54, 1.807) is 23.9 Å². The predicted molar refractivity (Wildman–Crippen MR) is 145 cm³/mol. The standard InChI is InChI=1S/C10H13N3O.2C9H17NO/c1-7(2)8-6-11-10-12(3)9(14)4-5-13(8)10;1-7(2)8-4-5-10(3)9(11)6-8;1-7(2)8-4-5-9(11)10(3)6-8/h4-7H,1-3H3;2*7-8H,4-6H2,1-3H3. The fourth-order valence-corrected chi connectivity index (χ4v) is 4.66. The van der Waals surface area contributed by atoms with Gasteiger partial charge in [-0.1, -0.05) is 41.5 Å². The van der Waals surface area contributed by atoms with Crippen LogP contribution < -0.4 is 5.56 Å². The summed E-state index contributed by atoms with van der Waals surface area (Å²) in [5.74, 6) is 4.44. The van der Waals surface area contributed by atoms with E-state index in [1.165, 1.54) is 6.42 Å². The number of likely N-dealkylation sites (tertiary alicyclic amines) is 2. The lowest BCUT2D eigenvalue weighted by atomic mass is 9.86. The highest BCUT2D eigenvalue weighted by Crippen LogP contribution is 2.24. The number of carbonyl (C=O) groups excluding carboxylic acids is 2. The molecule has 4 rings (SSSR count). The Balaban J connectivity index is 0.000000193. The average molecular weight is 502 g/mol. The molecule has 8 nitrogen and oxygen atoms in total. The average Bonchev–Trinajstić information content (AvgIpc) is 3.26. The van der Waals surface area contributed by atoms with Gasteiger partial charge in [0.2, 0.25) is 17.6 Å². The molecule has 0 N–H and O–H groups in total. The zero-order chi connectivity index (χ0) is 27.2. The maximum absolute atomic E-state index is 11.3. The fourth-order valence-electron chi connectivity index (χ4n) is 4.66. The predicted octanol–water partition coefficient (Wildman–Crippen LogP) is 4.18. The van der Waals surface area contributed by atoms with Crippen molar-refractivity contribution in [1.82, 2.24) is 23.8 Å². The molecule has 2 aromatic heterocycles. The molecule has 2 aromatic rings. The molecule has 0 radical (unpaired) electrons.